The van der Waals surface area contributed by atoms with E-state index in [4.69, 9.17) is 23.2 Å². The number of halogens is 2. The average molecular weight is 289 g/mol. The van der Waals surface area contributed by atoms with E-state index in [1.807, 2.05) is 12.1 Å². The van der Waals surface area contributed by atoms with Gasteiger partial charge in [-0.25, -0.2) is 0 Å². The average Bonchev–Trinajstić information content (AvgIpc) is 2.23. The van der Waals surface area contributed by atoms with Crippen LogP contribution in [0.4, 0.5) is 0 Å². The van der Waals surface area contributed by atoms with Crippen LogP contribution in [-0.2, 0) is 6.42 Å². The molecule has 1 N–H and O–H groups in total. The van der Waals surface area contributed by atoms with Gasteiger partial charge in [-0.3, -0.25) is 0 Å². The lowest BCUT2D eigenvalue weighted by Gasteiger charge is -2.29. The molecule has 0 fully saturated rings. The molecule has 0 saturated carbocycles. The summed E-state index contributed by atoms with van der Waals surface area (Å²) < 4.78 is 0. The summed E-state index contributed by atoms with van der Waals surface area (Å²) in [5.74, 6) is 0.449. The highest BCUT2D eigenvalue weighted by Gasteiger charge is 2.23. The minimum absolute atomic E-state index is 0.207. The zero-order valence-electron chi connectivity index (χ0n) is 11.5. The summed E-state index contributed by atoms with van der Waals surface area (Å²) in [6.07, 6.45) is 0.946. The summed E-state index contributed by atoms with van der Waals surface area (Å²) in [5.41, 5.74) is 1.12. The molecule has 0 aliphatic carbocycles. The van der Waals surface area contributed by atoms with Crippen LogP contribution in [0.25, 0.3) is 0 Å². The lowest BCUT2D eigenvalue weighted by molar-refractivity contribution is 0.110. The quantitative estimate of drug-likeness (QED) is 0.829. The lowest BCUT2D eigenvalue weighted by atomic mass is 9.78. The normalized spacial score (nSPS) is 15.5. The van der Waals surface area contributed by atoms with Crippen LogP contribution >= 0.6 is 23.2 Å². The van der Waals surface area contributed by atoms with Crippen molar-refractivity contribution in [1.29, 1.82) is 0 Å². The van der Waals surface area contributed by atoms with Crippen molar-refractivity contribution in [1.82, 2.24) is 0 Å². The number of hydrogen-bond acceptors (Lipinski definition) is 1. The maximum atomic E-state index is 10.1. The molecule has 2 atom stereocenters. The molecule has 2 unspecified atom stereocenters. The maximum absolute atomic E-state index is 10.1. The van der Waals surface area contributed by atoms with Crippen molar-refractivity contribution < 1.29 is 5.11 Å². The molecule has 18 heavy (non-hydrogen) atoms. The molecule has 1 aromatic carbocycles. The standard InChI is InChI=1S/C15H22Cl2O/c1-10(15(2,3)4)8-12(18)9-11-6-5-7-13(16)14(11)17/h5-7,10,12,18H,8-9H2,1-4H3. The van der Waals surface area contributed by atoms with Crippen molar-refractivity contribution >= 4 is 23.2 Å². The molecule has 1 aromatic rings. The van der Waals surface area contributed by atoms with E-state index in [-0.39, 0.29) is 11.5 Å². The zero-order valence-corrected chi connectivity index (χ0v) is 13.0. The third kappa shape index (κ3) is 4.46. The van der Waals surface area contributed by atoms with E-state index in [1.54, 1.807) is 6.07 Å². The van der Waals surface area contributed by atoms with Crippen LogP contribution in [0.15, 0.2) is 18.2 Å². The Morgan fingerprint density at radius 3 is 2.39 bits per heavy atom. The first-order valence-corrected chi connectivity index (χ1v) is 7.08. The predicted molar refractivity (Wildman–Crippen MR) is 79.4 cm³/mol. The molecule has 0 heterocycles. The number of hydrogen-bond donors (Lipinski definition) is 1. The molecule has 102 valence electrons. The monoisotopic (exact) mass is 288 g/mol. The summed E-state index contributed by atoms with van der Waals surface area (Å²) in [7, 11) is 0. The first-order chi connectivity index (χ1) is 8.21. The second-order valence-electron chi connectivity index (χ2n) is 6.07. The summed E-state index contributed by atoms with van der Waals surface area (Å²) in [5, 5.41) is 11.3. The van der Waals surface area contributed by atoms with Crippen molar-refractivity contribution in [2.24, 2.45) is 11.3 Å². The highest BCUT2D eigenvalue weighted by atomic mass is 35.5. The van der Waals surface area contributed by atoms with Gasteiger partial charge in [0.1, 0.15) is 0 Å². The Morgan fingerprint density at radius 1 is 1.22 bits per heavy atom. The summed E-state index contributed by atoms with van der Waals surface area (Å²) in [4.78, 5) is 0. The molecule has 0 aromatic heterocycles. The van der Waals surface area contributed by atoms with Gasteiger partial charge in [-0.15, -0.1) is 0 Å². The molecule has 0 radical (unpaired) electrons. The highest BCUT2D eigenvalue weighted by molar-refractivity contribution is 6.42. The molecule has 0 amide bonds. The fourth-order valence-corrected chi connectivity index (χ4v) is 2.20. The highest BCUT2D eigenvalue weighted by Crippen LogP contribution is 2.31. The first kappa shape index (κ1) is 15.8. The molecule has 3 heteroatoms. The molecular weight excluding hydrogens is 267 g/mol. The minimum atomic E-state index is -0.379. The van der Waals surface area contributed by atoms with Crippen LogP contribution in [0, 0.1) is 11.3 Å². The molecule has 0 aliphatic rings. The van der Waals surface area contributed by atoms with E-state index < -0.39 is 0 Å². The van der Waals surface area contributed by atoms with Gasteiger partial charge in [0.2, 0.25) is 0 Å². The number of benzene rings is 1. The van der Waals surface area contributed by atoms with Gasteiger partial charge in [0.25, 0.3) is 0 Å². The first-order valence-electron chi connectivity index (χ1n) is 6.32. The Kier molecular flexibility index (Phi) is 5.51. The van der Waals surface area contributed by atoms with Gasteiger partial charge in [0, 0.05) is 0 Å². The van der Waals surface area contributed by atoms with Crippen molar-refractivity contribution in [2.75, 3.05) is 0 Å². The fraction of sp³-hybridized carbons (Fsp3) is 0.600. The van der Waals surface area contributed by atoms with Crippen molar-refractivity contribution in [2.45, 2.75) is 46.6 Å². The second kappa shape index (κ2) is 6.27. The van der Waals surface area contributed by atoms with Gasteiger partial charge < -0.3 is 5.11 Å². The van der Waals surface area contributed by atoms with Gasteiger partial charge in [0.15, 0.2) is 0 Å². The van der Waals surface area contributed by atoms with E-state index in [0.29, 0.717) is 22.4 Å². The van der Waals surface area contributed by atoms with Crippen LogP contribution < -0.4 is 0 Å². The van der Waals surface area contributed by atoms with Crippen molar-refractivity contribution in [3.05, 3.63) is 33.8 Å². The van der Waals surface area contributed by atoms with Gasteiger partial charge in [-0.05, 0) is 35.8 Å². The summed E-state index contributed by atoms with van der Waals surface area (Å²) in [6, 6.07) is 5.54. The molecule has 0 bridgehead atoms. The Hall–Kier alpha value is -0.240. The third-order valence-electron chi connectivity index (χ3n) is 3.59. The van der Waals surface area contributed by atoms with Crippen molar-refractivity contribution in [3.8, 4) is 0 Å². The lowest BCUT2D eigenvalue weighted by Crippen LogP contribution is -2.24. The fourth-order valence-electron chi connectivity index (χ4n) is 1.80. The van der Waals surface area contributed by atoms with Gasteiger partial charge in [-0.1, -0.05) is 63.0 Å². The molecule has 0 saturated heterocycles. The van der Waals surface area contributed by atoms with Crippen LogP contribution in [0.1, 0.15) is 39.7 Å². The molecule has 0 spiro atoms. The van der Waals surface area contributed by atoms with E-state index in [2.05, 4.69) is 27.7 Å². The second-order valence-corrected chi connectivity index (χ2v) is 6.86. The molecule has 0 aliphatic heterocycles. The zero-order chi connectivity index (χ0) is 13.9. The van der Waals surface area contributed by atoms with Crippen LogP contribution in [0.2, 0.25) is 10.0 Å². The van der Waals surface area contributed by atoms with E-state index in [9.17, 15) is 5.11 Å². The van der Waals surface area contributed by atoms with Crippen molar-refractivity contribution in [3.63, 3.8) is 0 Å². The van der Waals surface area contributed by atoms with Crippen LogP contribution in [-0.4, -0.2) is 11.2 Å². The SMILES string of the molecule is CC(CC(O)Cc1cccc(Cl)c1Cl)C(C)(C)C. The molecule has 1 nitrogen and oxygen atoms in total. The minimum Gasteiger partial charge on any atom is -0.393 e. The van der Waals surface area contributed by atoms with Gasteiger partial charge >= 0.3 is 0 Å². The van der Waals surface area contributed by atoms with E-state index in [0.717, 1.165) is 12.0 Å². The molecular formula is C15H22Cl2O. The summed E-state index contributed by atoms with van der Waals surface area (Å²) in [6.45, 7) is 8.74. The van der Waals surface area contributed by atoms with E-state index >= 15 is 0 Å². The number of aliphatic hydroxyl groups excluding tert-OH is 1. The van der Waals surface area contributed by atoms with Crippen LogP contribution in [0.3, 0.4) is 0 Å². The largest absolute Gasteiger partial charge is 0.393 e. The Labute approximate surface area is 120 Å². The van der Waals surface area contributed by atoms with Gasteiger partial charge in [-0.2, -0.15) is 0 Å². The third-order valence-corrected chi connectivity index (χ3v) is 4.45. The topological polar surface area (TPSA) is 20.2 Å². The Bertz CT molecular complexity index is 396. The van der Waals surface area contributed by atoms with Crippen LogP contribution in [0.5, 0.6) is 0 Å². The Morgan fingerprint density at radius 2 is 1.83 bits per heavy atom. The maximum Gasteiger partial charge on any atom is 0.0625 e. The summed E-state index contributed by atoms with van der Waals surface area (Å²) >= 11 is 12.1. The number of aliphatic hydroxyl groups is 1. The molecule has 1 rings (SSSR count). The predicted octanol–water partition coefficient (Wildman–Crippen LogP) is 4.97. The smallest absolute Gasteiger partial charge is 0.0625 e. The Balaban J connectivity index is 2.65. The van der Waals surface area contributed by atoms with E-state index in [1.165, 1.54) is 0 Å². The number of rotatable bonds is 4. The van der Waals surface area contributed by atoms with Gasteiger partial charge in [0.05, 0.1) is 16.1 Å².